The highest BCUT2D eigenvalue weighted by Crippen LogP contribution is 2.44. The second kappa shape index (κ2) is 6.61. The first-order valence-corrected chi connectivity index (χ1v) is 7.94. The number of carbonyl (C=O) groups is 1. The van der Waals surface area contributed by atoms with Crippen molar-refractivity contribution >= 4 is 5.97 Å². The van der Waals surface area contributed by atoms with Crippen LogP contribution in [0.5, 0.6) is 0 Å². The lowest BCUT2D eigenvalue weighted by Crippen LogP contribution is -2.23. The number of carboxylic acid groups (broad SMARTS) is 1. The Morgan fingerprint density at radius 2 is 1.76 bits per heavy atom. The molecule has 1 aromatic rings. The Morgan fingerprint density at radius 3 is 2.24 bits per heavy atom. The first kappa shape index (κ1) is 16.0. The van der Waals surface area contributed by atoms with Crippen LogP contribution in [-0.2, 0) is 4.79 Å². The summed E-state index contributed by atoms with van der Waals surface area (Å²) in [4.78, 5) is 11.4. The lowest BCUT2D eigenvalue weighted by molar-refractivity contribution is -0.144. The molecule has 3 nitrogen and oxygen atoms in total. The summed E-state index contributed by atoms with van der Waals surface area (Å²) in [7, 11) is 0. The highest BCUT2D eigenvalue weighted by Gasteiger charge is 2.42. The minimum absolute atomic E-state index is 0.169. The molecule has 21 heavy (non-hydrogen) atoms. The van der Waals surface area contributed by atoms with Gasteiger partial charge >= 0.3 is 5.97 Å². The fourth-order valence-electron chi connectivity index (χ4n) is 3.47. The summed E-state index contributed by atoms with van der Waals surface area (Å²) in [6, 6.07) is 7.95. The smallest absolute Gasteiger partial charge is 0.306 e. The van der Waals surface area contributed by atoms with Gasteiger partial charge in [0.05, 0.1) is 12.0 Å². The molecule has 1 aliphatic rings. The maximum absolute atomic E-state index is 11.4. The zero-order chi connectivity index (χ0) is 15.6. The largest absolute Gasteiger partial charge is 0.481 e. The van der Waals surface area contributed by atoms with E-state index < -0.39 is 18.0 Å². The summed E-state index contributed by atoms with van der Waals surface area (Å²) in [6.07, 6.45) is 1.81. The van der Waals surface area contributed by atoms with Gasteiger partial charge < -0.3 is 10.2 Å². The molecule has 4 unspecified atom stereocenters. The normalized spacial score (nSPS) is 27.0. The van der Waals surface area contributed by atoms with Gasteiger partial charge in [-0.2, -0.15) is 0 Å². The van der Waals surface area contributed by atoms with E-state index >= 15 is 0 Å². The molecule has 0 bridgehead atoms. The van der Waals surface area contributed by atoms with E-state index in [2.05, 4.69) is 20.8 Å². The van der Waals surface area contributed by atoms with Crippen molar-refractivity contribution in [2.45, 2.75) is 52.1 Å². The number of hydrogen-bond acceptors (Lipinski definition) is 2. The Labute approximate surface area is 127 Å². The van der Waals surface area contributed by atoms with Gasteiger partial charge in [-0.05, 0) is 35.8 Å². The van der Waals surface area contributed by atoms with Crippen molar-refractivity contribution in [3.8, 4) is 0 Å². The van der Waals surface area contributed by atoms with Gasteiger partial charge in [0, 0.05) is 5.92 Å². The molecule has 116 valence electrons. The van der Waals surface area contributed by atoms with Crippen molar-refractivity contribution in [2.24, 2.45) is 17.8 Å². The van der Waals surface area contributed by atoms with E-state index in [1.807, 2.05) is 24.3 Å². The number of aliphatic carboxylic acids is 1. The summed E-state index contributed by atoms with van der Waals surface area (Å²) in [5.74, 6) is -0.486. The average Bonchev–Trinajstić information content (AvgIpc) is 2.91. The molecular weight excluding hydrogens is 264 g/mol. The number of benzene rings is 1. The quantitative estimate of drug-likeness (QED) is 0.862. The standard InChI is InChI=1S/C18H26O3/c1-4-12-9-15(16(10-12)18(20)21)17(19)14-7-5-13(6-8-14)11(2)3/h5-8,11-12,15-17,19H,4,9-10H2,1-3H3,(H,20,21). The van der Waals surface area contributed by atoms with E-state index in [0.29, 0.717) is 18.3 Å². The van der Waals surface area contributed by atoms with Gasteiger partial charge in [0.25, 0.3) is 0 Å². The number of hydrogen-bond donors (Lipinski definition) is 2. The molecule has 0 spiro atoms. The lowest BCUT2D eigenvalue weighted by atomic mass is 9.86. The third kappa shape index (κ3) is 3.46. The second-order valence-electron chi connectivity index (χ2n) is 6.62. The van der Waals surface area contributed by atoms with E-state index in [1.54, 1.807) is 0 Å². The van der Waals surface area contributed by atoms with E-state index in [0.717, 1.165) is 18.4 Å². The van der Waals surface area contributed by atoms with Gasteiger partial charge in [-0.25, -0.2) is 0 Å². The van der Waals surface area contributed by atoms with E-state index in [1.165, 1.54) is 5.56 Å². The van der Waals surface area contributed by atoms with Crippen molar-refractivity contribution in [3.63, 3.8) is 0 Å². The second-order valence-corrected chi connectivity index (χ2v) is 6.62. The minimum atomic E-state index is -0.770. The van der Waals surface area contributed by atoms with Crippen LogP contribution in [0.15, 0.2) is 24.3 Å². The highest BCUT2D eigenvalue weighted by atomic mass is 16.4. The molecule has 1 fully saturated rings. The molecule has 3 heteroatoms. The van der Waals surface area contributed by atoms with E-state index in [-0.39, 0.29) is 5.92 Å². The SMILES string of the molecule is CCC1CC(C(=O)O)C(C(O)c2ccc(C(C)C)cc2)C1. The van der Waals surface area contributed by atoms with Gasteiger partial charge in [-0.3, -0.25) is 4.79 Å². The Hall–Kier alpha value is -1.35. The van der Waals surface area contributed by atoms with Gasteiger partial charge in [-0.1, -0.05) is 51.5 Å². The number of aliphatic hydroxyl groups is 1. The van der Waals surface area contributed by atoms with Crippen LogP contribution in [0, 0.1) is 17.8 Å². The molecule has 1 aliphatic carbocycles. The van der Waals surface area contributed by atoms with Crippen molar-refractivity contribution < 1.29 is 15.0 Å². The van der Waals surface area contributed by atoms with Crippen LogP contribution in [0.1, 0.15) is 63.2 Å². The zero-order valence-corrected chi connectivity index (χ0v) is 13.1. The summed E-state index contributed by atoms with van der Waals surface area (Å²) >= 11 is 0. The molecule has 1 saturated carbocycles. The topological polar surface area (TPSA) is 57.5 Å². The fourth-order valence-corrected chi connectivity index (χ4v) is 3.47. The first-order chi connectivity index (χ1) is 9.93. The highest BCUT2D eigenvalue weighted by molar-refractivity contribution is 5.71. The molecular formula is C18H26O3. The zero-order valence-electron chi connectivity index (χ0n) is 13.1. The third-order valence-corrected chi connectivity index (χ3v) is 4.95. The monoisotopic (exact) mass is 290 g/mol. The van der Waals surface area contributed by atoms with Crippen LogP contribution in [0.4, 0.5) is 0 Å². The lowest BCUT2D eigenvalue weighted by Gasteiger charge is -2.23. The third-order valence-electron chi connectivity index (χ3n) is 4.95. The molecule has 0 aromatic heterocycles. The van der Waals surface area contributed by atoms with Gasteiger partial charge in [0.1, 0.15) is 0 Å². The van der Waals surface area contributed by atoms with Gasteiger partial charge in [0.15, 0.2) is 0 Å². The van der Waals surface area contributed by atoms with Crippen molar-refractivity contribution in [2.75, 3.05) is 0 Å². The van der Waals surface area contributed by atoms with Crippen LogP contribution in [0.3, 0.4) is 0 Å². The van der Waals surface area contributed by atoms with Crippen LogP contribution < -0.4 is 0 Å². The predicted octanol–water partition coefficient (Wildman–Crippen LogP) is 3.98. The van der Waals surface area contributed by atoms with E-state index in [9.17, 15) is 15.0 Å². The number of carboxylic acids is 1. The summed E-state index contributed by atoms with van der Waals surface area (Å²) < 4.78 is 0. The molecule has 0 saturated heterocycles. The summed E-state index contributed by atoms with van der Waals surface area (Å²) in [5, 5.41) is 20.0. The molecule has 0 heterocycles. The Balaban J connectivity index is 2.17. The van der Waals surface area contributed by atoms with Crippen LogP contribution >= 0.6 is 0 Å². The molecule has 0 radical (unpaired) electrons. The number of rotatable bonds is 5. The molecule has 2 N–H and O–H groups in total. The molecule has 2 rings (SSSR count). The average molecular weight is 290 g/mol. The van der Waals surface area contributed by atoms with Crippen molar-refractivity contribution in [1.29, 1.82) is 0 Å². The minimum Gasteiger partial charge on any atom is -0.481 e. The Kier molecular flexibility index (Phi) is 5.04. The Morgan fingerprint density at radius 1 is 1.19 bits per heavy atom. The summed E-state index contributed by atoms with van der Waals surface area (Å²) in [5.41, 5.74) is 2.07. The first-order valence-electron chi connectivity index (χ1n) is 7.94. The van der Waals surface area contributed by atoms with Gasteiger partial charge in [-0.15, -0.1) is 0 Å². The van der Waals surface area contributed by atoms with Crippen LogP contribution in [0.2, 0.25) is 0 Å². The summed E-state index contributed by atoms with van der Waals surface area (Å²) in [6.45, 7) is 6.36. The van der Waals surface area contributed by atoms with Crippen LogP contribution in [0.25, 0.3) is 0 Å². The Bertz CT molecular complexity index is 478. The maximum atomic E-state index is 11.4. The van der Waals surface area contributed by atoms with Crippen LogP contribution in [-0.4, -0.2) is 16.2 Å². The molecule has 0 aliphatic heterocycles. The van der Waals surface area contributed by atoms with E-state index in [4.69, 9.17) is 0 Å². The molecule has 4 atom stereocenters. The predicted molar refractivity (Wildman–Crippen MR) is 83.1 cm³/mol. The van der Waals surface area contributed by atoms with Gasteiger partial charge in [0.2, 0.25) is 0 Å². The fraction of sp³-hybridized carbons (Fsp3) is 0.611. The molecule has 1 aromatic carbocycles. The maximum Gasteiger partial charge on any atom is 0.306 e. The number of aliphatic hydroxyl groups excluding tert-OH is 1. The molecule has 0 amide bonds. The van der Waals surface area contributed by atoms with Crippen molar-refractivity contribution in [1.82, 2.24) is 0 Å². The van der Waals surface area contributed by atoms with Crippen molar-refractivity contribution in [3.05, 3.63) is 35.4 Å².